The molecule has 1 fully saturated rings. The van der Waals surface area contributed by atoms with Gasteiger partial charge in [-0.3, -0.25) is 0 Å². The number of aryl methyl sites for hydroxylation is 2. The molecule has 1 saturated carbocycles. The van der Waals surface area contributed by atoms with Crippen molar-refractivity contribution < 1.29 is 0 Å². The summed E-state index contributed by atoms with van der Waals surface area (Å²) in [5, 5.41) is 3.72. The minimum absolute atomic E-state index is 0.628. The van der Waals surface area contributed by atoms with E-state index in [1.54, 1.807) is 0 Å². The quantitative estimate of drug-likeness (QED) is 0.666. The first-order chi connectivity index (χ1) is 13.1. The first kappa shape index (κ1) is 18.0. The molecule has 3 aromatic rings. The van der Waals surface area contributed by atoms with Crippen LogP contribution in [0.5, 0.6) is 0 Å². The van der Waals surface area contributed by atoms with E-state index in [2.05, 4.69) is 59.9 Å². The molecular weight excluding hydrogens is 332 g/mol. The number of fused-ring (bicyclic) bond motifs is 1. The smallest absolute Gasteiger partial charge is 0.160 e. The van der Waals surface area contributed by atoms with Crippen molar-refractivity contribution in [2.45, 2.75) is 65.5 Å². The van der Waals surface area contributed by atoms with E-state index in [1.165, 1.54) is 42.5 Å². The minimum Gasteiger partial charge on any atom is -0.382 e. The van der Waals surface area contributed by atoms with Crippen molar-refractivity contribution in [2.75, 3.05) is 5.32 Å². The number of imidazole rings is 1. The molecule has 1 aromatic carbocycles. The van der Waals surface area contributed by atoms with Crippen molar-refractivity contribution in [1.29, 1.82) is 0 Å². The summed E-state index contributed by atoms with van der Waals surface area (Å²) in [5.74, 6) is 1.99. The molecular formula is C23H30N4. The highest BCUT2D eigenvalue weighted by Crippen LogP contribution is 2.26. The van der Waals surface area contributed by atoms with E-state index in [0.717, 1.165) is 35.9 Å². The van der Waals surface area contributed by atoms with E-state index in [4.69, 9.17) is 4.98 Å². The zero-order valence-corrected chi connectivity index (χ0v) is 16.7. The fourth-order valence-corrected chi connectivity index (χ4v) is 4.15. The lowest BCUT2D eigenvalue weighted by molar-refractivity contribution is 0.361. The van der Waals surface area contributed by atoms with Crippen molar-refractivity contribution in [3.8, 4) is 0 Å². The second-order valence-corrected chi connectivity index (χ2v) is 8.07. The van der Waals surface area contributed by atoms with E-state index in [0.29, 0.717) is 6.04 Å². The second-order valence-electron chi connectivity index (χ2n) is 8.07. The topological polar surface area (TPSA) is 42.7 Å². The van der Waals surface area contributed by atoms with Gasteiger partial charge in [-0.25, -0.2) is 9.97 Å². The van der Waals surface area contributed by atoms with Gasteiger partial charge in [0.1, 0.15) is 11.3 Å². The lowest BCUT2D eigenvalue weighted by Gasteiger charge is -2.27. The molecule has 27 heavy (non-hydrogen) atoms. The number of pyridine rings is 1. The minimum atomic E-state index is 0.628. The van der Waals surface area contributed by atoms with Crippen LogP contribution >= 0.6 is 0 Å². The Kier molecular flexibility index (Phi) is 5.15. The molecule has 4 heteroatoms. The van der Waals surface area contributed by atoms with Crippen molar-refractivity contribution in [3.05, 3.63) is 53.5 Å². The molecule has 1 aliphatic carbocycles. The molecule has 0 unspecified atom stereocenters. The summed E-state index contributed by atoms with van der Waals surface area (Å²) in [6, 6.07) is 11.6. The Hall–Kier alpha value is -2.36. The largest absolute Gasteiger partial charge is 0.382 e. The number of aromatic nitrogens is 3. The second kappa shape index (κ2) is 7.71. The van der Waals surface area contributed by atoms with Crippen LogP contribution in [0.3, 0.4) is 0 Å². The molecule has 0 saturated heterocycles. The summed E-state index contributed by atoms with van der Waals surface area (Å²) in [6.07, 6.45) is 8.05. The summed E-state index contributed by atoms with van der Waals surface area (Å²) >= 11 is 0. The number of anilines is 1. The number of nitrogens with zero attached hydrogens (tertiary/aromatic N) is 3. The maximum Gasteiger partial charge on any atom is 0.160 e. The summed E-state index contributed by atoms with van der Waals surface area (Å²) in [5.41, 5.74) is 5.73. The van der Waals surface area contributed by atoms with Gasteiger partial charge in [0.2, 0.25) is 0 Å². The van der Waals surface area contributed by atoms with Crippen molar-refractivity contribution in [1.82, 2.24) is 14.5 Å². The monoisotopic (exact) mass is 362 g/mol. The van der Waals surface area contributed by atoms with Gasteiger partial charge in [0, 0.05) is 24.3 Å². The predicted molar refractivity (Wildman–Crippen MR) is 112 cm³/mol. The van der Waals surface area contributed by atoms with Gasteiger partial charge >= 0.3 is 0 Å². The summed E-state index contributed by atoms with van der Waals surface area (Å²) < 4.78 is 2.26. The fourth-order valence-electron chi connectivity index (χ4n) is 4.15. The van der Waals surface area contributed by atoms with Crippen molar-refractivity contribution >= 4 is 16.9 Å². The Morgan fingerprint density at radius 3 is 2.52 bits per heavy atom. The Morgan fingerprint density at radius 1 is 1.07 bits per heavy atom. The van der Waals surface area contributed by atoms with Gasteiger partial charge in [-0.1, -0.05) is 26.0 Å². The molecule has 4 rings (SSSR count). The van der Waals surface area contributed by atoms with Gasteiger partial charge < -0.3 is 9.88 Å². The van der Waals surface area contributed by atoms with Crippen LogP contribution in [0.4, 0.5) is 5.69 Å². The number of nitrogens with one attached hydrogen (secondary N) is 1. The van der Waals surface area contributed by atoms with Crippen LogP contribution in [-0.4, -0.2) is 20.6 Å². The Balaban J connectivity index is 1.50. The Labute approximate surface area is 162 Å². The number of hydrogen-bond donors (Lipinski definition) is 1. The van der Waals surface area contributed by atoms with E-state index < -0.39 is 0 Å². The Morgan fingerprint density at radius 2 is 1.81 bits per heavy atom. The van der Waals surface area contributed by atoms with Crippen molar-refractivity contribution in [2.24, 2.45) is 5.92 Å². The van der Waals surface area contributed by atoms with Gasteiger partial charge in [0.05, 0.1) is 6.54 Å². The molecule has 0 spiro atoms. The van der Waals surface area contributed by atoms with E-state index in [9.17, 15) is 0 Å². The van der Waals surface area contributed by atoms with Gasteiger partial charge in [-0.15, -0.1) is 0 Å². The van der Waals surface area contributed by atoms with Gasteiger partial charge in [-0.2, -0.15) is 0 Å². The van der Waals surface area contributed by atoms with Crippen LogP contribution in [0.2, 0.25) is 0 Å². The lowest BCUT2D eigenvalue weighted by atomic mass is 9.87. The molecule has 4 nitrogen and oxygen atoms in total. The molecule has 0 amide bonds. The van der Waals surface area contributed by atoms with Crippen LogP contribution in [-0.2, 0) is 13.0 Å². The zero-order valence-electron chi connectivity index (χ0n) is 16.7. The highest BCUT2D eigenvalue weighted by molar-refractivity contribution is 5.75. The Bertz CT molecular complexity index is 902. The third-order valence-electron chi connectivity index (χ3n) is 5.91. The highest BCUT2D eigenvalue weighted by atomic mass is 15.1. The van der Waals surface area contributed by atoms with Crippen LogP contribution < -0.4 is 5.32 Å². The standard InChI is InChI=1S/C23H30N4/c1-4-21-26-22-17(3)13-14-24-23(22)27(21)15-18-7-11-20(12-8-18)25-19-9-5-16(2)6-10-19/h7-8,11-14,16,19,25H,4-6,9-10,15H2,1-3H3. The third-order valence-corrected chi connectivity index (χ3v) is 5.91. The predicted octanol–water partition coefficient (Wildman–Crippen LogP) is 5.34. The first-order valence-electron chi connectivity index (χ1n) is 10.3. The molecule has 2 heterocycles. The van der Waals surface area contributed by atoms with Gasteiger partial charge in [0.15, 0.2) is 5.65 Å². The van der Waals surface area contributed by atoms with Crippen LogP contribution in [0.15, 0.2) is 36.5 Å². The molecule has 0 bridgehead atoms. The summed E-state index contributed by atoms with van der Waals surface area (Å²) in [4.78, 5) is 9.41. The highest BCUT2D eigenvalue weighted by Gasteiger charge is 2.18. The average molecular weight is 363 g/mol. The normalized spacial score (nSPS) is 20.1. The van der Waals surface area contributed by atoms with Crippen molar-refractivity contribution in [3.63, 3.8) is 0 Å². The van der Waals surface area contributed by atoms with Gasteiger partial charge in [-0.05, 0) is 67.9 Å². The summed E-state index contributed by atoms with van der Waals surface area (Å²) in [7, 11) is 0. The van der Waals surface area contributed by atoms with Crippen LogP contribution in [0.1, 0.15) is 56.5 Å². The molecule has 0 aliphatic heterocycles. The number of hydrogen-bond acceptors (Lipinski definition) is 3. The SMILES string of the molecule is CCc1nc2c(C)ccnc2n1Cc1ccc(NC2CCC(C)CC2)cc1. The van der Waals surface area contributed by atoms with E-state index in [-0.39, 0.29) is 0 Å². The lowest BCUT2D eigenvalue weighted by Crippen LogP contribution is -2.25. The van der Waals surface area contributed by atoms with Crippen LogP contribution in [0, 0.1) is 12.8 Å². The first-order valence-corrected chi connectivity index (χ1v) is 10.3. The van der Waals surface area contributed by atoms with Crippen LogP contribution in [0.25, 0.3) is 11.2 Å². The molecule has 0 atom stereocenters. The molecule has 142 valence electrons. The molecule has 0 radical (unpaired) electrons. The van der Waals surface area contributed by atoms with E-state index >= 15 is 0 Å². The maximum absolute atomic E-state index is 4.82. The summed E-state index contributed by atoms with van der Waals surface area (Å²) in [6.45, 7) is 7.45. The third kappa shape index (κ3) is 3.85. The molecule has 1 aliphatic rings. The maximum atomic E-state index is 4.82. The number of rotatable bonds is 5. The average Bonchev–Trinajstić information content (AvgIpc) is 3.04. The van der Waals surface area contributed by atoms with Gasteiger partial charge in [0.25, 0.3) is 0 Å². The number of benzene rings is 1. The van der Waals surface area contributed by atoms with E-state index in [1.807, 2.05) is 12.3 Å². The molecule has 2 aromatic heterocycles. The fraction of sp³-hybridized carbons (Fsp3) is 0.478. The molecule has 1 N–H and O–H groups in total. The zero-order chi connectivity index (χ0) is 18.8.